The molecule has 0 unspecified atom stereocenters. The van der Waals surface area contributed by atoms with Crippen LogP contribution in [0.15, 0.2) is 83.3 Å². The number of carbonyl (C=O) groups is 2. The van der Waals surface area contributed by atoms with E-state index in [9.17, 15) is 9.59 Å². The summed E-state index contributed by atoms with van der Waals surface area (Å²) in [4.78, 5) is 24.5. The maximum atomic E-state index is 12.4. The van der Waals surface area contributed by atoms with Gasteiger partial charge in [0.15, 0.2) is 0 Å². The molecule has 2 amide bonds. The van der Waals surface area contributed by atoms with E-state index in [2.05, 4.69) is 31.9 Å². The maximum absolute atomic E-state index is 12.4. The lowest BCUT2D eigenvalue weighted by molar-refractivity contribution is -0.114. The molecule has 6 heteroatoms. The smallest absolute Gasteiger partial charge is 0.251 e. The van der Waals surface area contributed by atoms with E-state index in [4.69, 9.17) is 0 Å². The van der Waals surface area contributed by atoms with E-state index >= 15 is 0 Å². The minimum absolute atomic E-state index is 0.0937. The van der Waals surface area contributed by atoms with Crippen LogP contribution in [0.1, 0.15) is 15.9 Å². The molecule has 3 rings (SSSR count). The zero-order valence-corrected chi connectivity index (χ0v) is 16.7. The summed E-state index contributed by atoms with van der Waals surface area (Å²) in [6.45, 7) is 0.558. The van der Waals surface area contributed by atoms with Crippen molar-refractivity contribution in [3.05, 3.63) is 94.5 Å². The largest absolute Gasteiger partial charge is 0.376 e. The van der Waals surface area contributed by atoms with Gasteiger partial charge in [-0.05, 0) is 51.8 Å². The quantitative estimate of drug-likeness (QED) is 0.511. The molecule has 142 valence electrons. The van der Waals surface area contributed by atoms with Crippen molar-refractivity contribution in [2.24, 2.45) is 0 Å². The zero-order chi connectivity index (χ0) is 19.8. The molecule has 3 aromatic rings. The summed E-state index contributed by atoms with van der Waals surface area (Å²) in [7, 11) is 0. The van der Waals surface area contributed by atoms with Gasteiger partial charge in [0.05, 0.1) is 12.2 Å². The Morgan fingerprint density at radius 1 is 0.857 bits per heavy atom. The molecule has 0 aliphatic carbocycles. The van der Waals surface area contributed by atoms with Gasteiger partial charge in [-0.15, -0.1) is 0 Å². The van der Waals surface area contributed by atoms with Crippen molar-refractivity contribution < 1.29 is 9.59 Å². The van der Waals surface area contributed by atoms with E-state index in [1.807, 2.05) is 60.7 Å². The van der Waals surface area contributed by atoms with Crippen molar-refractivity contribution in [1.82, 2.24) is 5.32 Å². The standard InChI is InChI=1S/C22H20BrN3O2/c23-19-11-4-5-12-20(19)26-21(27)15-24-18-10-6-9-17(13-18)22(28)25-14-16-7-2-1-3-8-16/h1-13,24H,14-15H2,(H,25,28)(H,26,27). The number of benzene rings is 3. The number of nitrogens with one attached hydrogen (secondary N) is 3. The number of hydrogen-bond donors (Lipinski definition) is 3. The van der Waals surface area contributed by atoms with E-state index < -0.39 is 0 Å². The molecule has 3 aromatic carbocycles. The molecule has 0 heterocycles. The summed E-state index contributed by atoms with van der Waals surface area (Å²) in [5, 5.41) is 8.77. The highest BCUT2D eigenvalue weighted by Crippen LogP contribution is 2.21. The van der Waals surface area contributed by atoms with Crippen LogP contribution < -0.4 is 16.0 Å². The van der Waals surface area contributed by atoms with Crippen molar-refractivity contribution in [2.45, 2.75) is 6.54 Å². The fourth-order valence-corrected chi connectivity index (χ4v) is 2.97. The number of para-hydroxylation sites is 1. The lowest BCUT2D eigenvalue weighted by atomic mass is 10.1. The van der Waals surface area contributed by atoms with Gasteiger partial charge in [-0.25, -0.2) is 0 Å². The minimum atomic E-state index is -0.175. The van der Waals surface area contributed by atoms with E-state index in [-0.39, 0.29) is 18.4 Å². The van der Waals surface area contributed by atoms with Gasteiger partial charge in [0, 0.05) is 22.3 Å². The lowest BCUT2D eigenvalue weighted by Crippen LogP contribution is -2.24. The molecule has 0 radical (unpaired) electrons. The minimum Gasteiger partial charge on any atom is -0.376 e. The van der Waals surface area contributed by atoms with Crippen LogP contribution in [0.3, 0.4) is 0 Å². The van der Waals surface area contributed by atoms with Gasteiger partial charge in [-0.3, -0.25) is 9.59 Å². The third-order valence-corrected chi connectivity index (χ3v) is 4.71. The highest BCUT2D eigenvalue weighted by Gasteiger charge is 2.08. The molecule has 0 atom stereocenters. The Balaban J connectivity index is 1.53. The topological polar surface area (TPSA) is 70.2 Å². The monoisotopic (exact) mass is 437 g/mol. The SMILES string of the molecule is O=C(CNc1cccc(C(=O)NCc2ccccc2)c1)Nc1ccccc1Br. The maximum Gasteiger partial charge on any atom is 0.251 e. The Morgan fingerprint density at radius 2 is 1.61 bits per heavy atom. The molecule has 28 heavy (non-hydrogen) atoms. The Hall–Kier alpha value is -3.12. The second kappa shape index (κ2) is 9.71. The van der Waals surface area contributed by atoms with Crippen molar-refractivity contribution in [2.75, 3.05) is 17.2 Å². The summed E-state index contributed by atoms with van der Waals surface area (Å²) in [6, 6.07) is 24.2. The number of anilines is 2. The zero-order valence-electron chi connectivity index (χ0n) is 15.1. The van der Waals surface area contributed by atoms with Crippen molar-refractivity contribution in [3.63, 3.8) is 0 Å². The molecule has 0 saturated carbocycles. The average Bonchev–Trinajstić information content (AvgIpc) is 2.73. The molecule has 3 N–H and O–H groups in total. The fraction of sp³-hybridized carbons (Fsp3) is 0.0909. The molecule has 0 spiro atoms. The van der Waals surface area contributed by atoms with E-state index in [0.29, 0.717) is 23.5 Å². The molecule has 0 bridgehead atoms. The third kappa shape index (κ3) is 5.69. The van der Waals surface area contributed by atoms with Gasteiger partial charge in [0.2, 0.25) is 5.91 Å². The van der Waals surface area contributed by atoms with Crippen LogP contribution in [0.25, 0.3) is 0 Å². The van der Waals surface area contributed by atoms with Crippen molar-refractivity contribution >= 4 is 39.1 Å². The predicted molar refractivity (Wildman–Crippen MR) is 115 cm³/mol. The summed E-state index contributed by atoms with van der Waals surface area (Å²) in [6.07, 6.45) is 0. The van der Waals surface area contributed by atoms with E-state index in [1.54, 1.807) is 18.2 Å². The number of amides is 2. The van der Waals surface area contributed by atoms with E-state index in [1.165, 1.54) is 0 Å². The summed E-state index contributed by atoms with van der Waals surface area (Å²) in [5.74, 6) is -0.337. The first-order valence-corrected chi connectivity index (χ1v) is 9.61. The number of hydrogen-bond acceptors (Lipinski definition) is 3. The van der Waals surface area contributed by atoms with Crippen LogP contribution in [0.2, 0.25) is 0 Å². The highest BCUT2D eigenvalue weighted by atomic mass is 79.9. The van der Waals surface area contributed by atoms with Crippen molar-refractivity contribution in [1.29, 1.82) is 0 Å². The molecule has 5 nitrogen and oxygen atoms in total. The lowest BCUT2D eigenvalue weighted by Gasteiger charge is -2.10. The van der Waals surface area contributed by atoms with Crippen LogP contribution in [0.4, 0.5) is 11.4 Å². The Labute approximate surface area is 172 Å². The number of halogens is 1. The molecule has 0 aliphatic heterocycles. The second-order valence-corrected chi connectivity index (χ2v) is 6.98. The Morgan fingerprint density at radius 3 is 2.39 bits per heavy atom. The molecule has 0 fully saturated rings. The third-order valence-electron chi connectivity index (χ3n) is 4.02. The summed E-state index contributed by atoms with van der Waals surface area (Å²) >= 11 is 3.40. The van der Waals surface area contributed by atoms with Crippen LogP contribution in [0.5, 0.6) is 0 Å². The first-order valence-electron chi connectivity index (χ1n) is 8.82. The molecule has 0 saturated heterocycles. The van der Waals surface area contributed by atoms with Gasteiger partial charge >= 0.3 is 0 Å². The van der Waals surface area contributed by atoms with Crippen molar-refractivity contribution in [3.8, 4) is 0 Å². The van der Waals surface area contributed by atoms with Gasteiger partial charge in [0.25, 0.3) is 5.91 Å². The Kier molecular flexibility index (Phi) is 6.81. The van der Waals surface area contributed by atoms with Gasteiger partial charge in [-0.1, -0.05) is 48.5 Å². The number of rotatable bonds is 7. The van der Waals surface area contributed by atoms with Crippen LogP contribution >= 0.6 is 15.9 Å². The second-order valence-electron chi connectivity index (χ2n) is 6.13. The molecular weight excluding hydrogens is 418 g/mol. The predicted octanol–water partition coefficient (Wildman–Crippen LogP) is 4.43. The highest BCUT2D eigenvalue weighted by molar-refractivity contribution is 9.10. The first kappa shape index (κ1) is 19.6. The fourth-order valence-electron chi connectivity index (χ4n) is 2.59. The Bertz CT molecular complexity index is 961. The van der Waals surface area contributed by atoms with Crippen LogP contribution in [-0.4, -0.2) is 18.4 Å². The molecule has 0 aromatic heterocycles. The van der Waals surface area contributed by atoms with Gasteiger partial charge in [0.1, 0.15) is 0 Å². The first-order chi connectivity index (χ1) is 13.6. The molecular formula is C22H20BrN3O2. The average molecular weight is 438 g/mol. The van der Waals surface area contributed by atoms with Crippen LogP contribution in [0, 0.1) is 0 Å². The van der Waals surface area contributed by atoms with Gasteiger partial charge in [-0.2, -0.15) is 0 Å². The van der Waals surface area contributed by atoms with E-state index in [0.717, 1.165) is 10.0 Å². The normalized spacial score (nSPS) is 10.2. The van der Waals surface area contributed by atoms with Crippen LogP contribution in [-0.2, 0) is 11.3 Å². The number of carbonyl (C=O) groups excluding carboxylic acids is 2. The molecule has 0 aliphatic rings. The summed E-state index contributed by atoms with van der Waals surface area (Å²) in [5.41, 5.74) is 2.99. The van der Waals surface area contributed by atoms with Gasteiger partial charge < -0.3 is 16.0 Å². The summed E-state index contributed by atoms with van der Waals surface area (Å²) < 4.78 is 0.820.